The maximum Gasteiger partial charge on any atom is 0.200 e. The zero-order valence-corrected chi connectivity index (χ0v) is 10.1. The molecule has 0 bridgehead atoms. The predicted molar refractivity (Wildman–Crippen MR) is 65.7 cm³/mol. The number of hydrogen-bond donors (Lipinski definition) is 0. The molecule has 78 valence electrons. The summed E-state index contributed by atoms with van der Waals surface area (Å²) in [5, 5.41) is 1.27. The Balaban J connectivity index is 0.000000963. The maximum atomic E-state index is 12.0. The van der Waals surface area contributed by atoms with Crippen molar-refractivity contribution in [3.8, 4) is 0 Å². The number of para-hydroxylation sites is 2. The largest absolute Gasteiger partial charge is 0.456 e. The third-order valence-corrected chi connectivity index (χ3v) is 2.48. The molecule has 2 radical (unpaired) electrons. The molecular formula is C13H8O2Se. The minimum absolute atomic E-state index is 0. The van der Waals surface area contributed by atoms with Gasteiger partial charge in [-0.25, -0.2) is 0 Å². The maximum absolute atomic E-state index is 12.0. The number of hydrogen-bond acceptors (Lipinski definition) is 2. The molecule has 0 amide bonds. The van der Waals surface area contributed by atoms with Gasteiger partial charge in [-0.3, -0.25) is 4.79 Å². The second kappa shape index (κ2) is 4.12. The molecule has 3 rings (SSSR count). The van der Waals surface area contributed by atoms with Crippen molar-refractivity contribution in [2.75, 3.05) is 0 Å². The van der Waals surface area contributed by atoms with Gasteiger partial charge in [-0.2, -0.15) is 0 Å². The Morgan fingerprint density at radius 3 is 1.69 bits per heavy atom. The second-order valence-electron chi connectivity index (χ2n) is 3.42. The van der Waals surface area contributed by atoms with E-state index in [2.05, 4.69) is 0 Å². The van der Waals surface area contributed by atoms with Crippen LogP contribution in [0.2, 0.25) is 0 Å². The van der Waals surface area contributed by atoms with Gasteiger partial charge in [-0.1, -0.05) is 24.3 Å². The first-order valence-corrected chi connectivity index (χ1v) is 4.77. The van der Waals surface area contributed by atoms with Crippen LogP contribution in [-0.4, -0.2) is 17.1 Å². The first kappa shape index (κ1) is 10.9. The molecule has 16 heavy (non-hydrogen) atoms. The summed E-state index contributed by atoms with van der Waals surface area (Å²) >= 11 is 0. The van der Waals surface area contributed by atoms with E-state index in [-0.39, 0.29) is 22.5 Å². The Bertz CT molecular complexity index is 644. The molecule has 1 aromatic heterocycles. The standard InChI is InChI=1S/C13H8O2.Se/c14-13-9-5-1-3-7-11(9)15-12-8-4-2-6-10(12)13;/h1-8H;. The van der Waals surface area contributed by atoms with Crippen LogP contribution < -0.4 is 5.43 Å². The van der Waals surface area contributed by atoms with Gasteiger partial charge < -0.3 is 4.42 Å². The van der Waals surface area contributed by atoms with E-state index in [1.54, 1.807) is 12.1 Å². The van der Waals surface area contributed by atoms with Crippen LogP contribution in [-0.2, 0) is 0 Å². The normalized spacial score (nSPS) is 10.2. The van der Waals surface area contributed by atoms with E-state index in [1.807, 2.05) is 36.4 Å². The molecule has 0 fully saturated rings. The van der Waals surface area contributed by atoms with Crippen molar-refractivity contribution in [3.63, 3.8) is 0 Å². The first-order valence-electron chi connectivity index (χ1n) is 4.77. The van der Waals surface area contributed by atoms with Gasteiger partial charge in [-0.15, -0.1) is 0 Å². The molecule has 0 aliphatic rings. The smallest absolute Gasteiger partial charge is 0.200 e. The van der Waals surface area contributed by atoms with Gasteiger partial charge in [0.1, 0.15) is 11.2 Å². The predicted octanol–water partition coefficient (Wildman–Crippen LogP) is 2.57. The van der Waals surface area contributed by atoms with Crippen LogP contribution in [0.4, 0.5) is 0 Å². The van der Waals surface area contributed by atoms with Crippen molar-refractivity contribution < 1.29 is 4.42 Å². The SMILES string of the molecule is O=c1c2ccccc2oc2ccccc12.[Se]. The monoisotopic (exact) mass is 276 g/mol. The Morgan fingerprint density at radius 1 is 0.750 bits per heavy atom. The number of fused-ring (bicyclic) bond motifs is 2. The quantitative estimate of drug-likeness (QED) is 0.466. The topological polar surface area (TPSA) is 30.2 Å². The van der Waals surface area contributed by atoms with Gasteiger partial charge in [0.15, 0.2) is 0 Å². The molecule has 0 aliphatic heterocycles. The Morgan fingerprint density at radius 2 is 1.19 bits per heavy atom. The molecule has 0 atom stereocenters. The fraction of sp³-hybridized carbons (Fsp3) is 0. The average molecular weight is 275 g/mol. The molecule has 0 saturated carbocycles. The van der Waals surface area contributed by atoms with E-state index in [0.29, 0.717) is 21.9 Å². The van der Waals surface area contributed by atoms with Crippen molar-refractivity contribution in [2.24, 2.45) is 0 Å². The van der Waals surface area contributed by atoms with Crippen LogP contribution >= 0.6 is 0 Å². The summed E-state index contributed by atoms with van der Waals surface area (Å²) in [6, 6.07) is 14.6. The summed E-state index contributed by atoms with van der Waals surface area (Å²) in [6.45, 7) is 0. The van der Waals surface area contributed by atoms with E-state index in [1.165, 1.54) is 0 Å². The molecular weight excluding hydrogens is 267 g/mol. The first-order chi connectivity index (χ1) is 7.36. The third kappa shape index (κ3) is 1.54. The summed E-state index contributed by atoms with van der Waals surface area (Å²) in [6.07, 6.45) is 0. The zero-order valence-electron chi connectivity index (χ0n) is 8.34. The van der Waals surface area contributed by atoms with Gasteiger partial charge in [0.2, 0.25) is 5.43 Å². The van der Waals surface area contributed by atoms with Gasteiger partial charge >= 0.3 is 0 Å². The van der Waals surface area contributed by atoms with Crippen molar-refractivity contribution in [3.05, 3.63) is 58.8 Å². The van der Waals surface area contributed by atoms with E-state index in [4.69, 9.17) is 4.42 Å². The van der Waals surface area contributed by atoms with Crippen molar-refractivity contribution >= 4 is 39.0 Å². The van der Waals surface area contributed by atoms with Crippen molar-refractivity contribution in [2.45, 2.75) is 0 Å². The van der Waals surface area contributed by atoms with E-state index < -0.39 is 0 Å². The van der Waals surface area contributed by atoms with Crippen molar-refractivity contribution in [1.82, 2.24) is 0 Å². The molecule has 1 heterocycles. The Kier molecular flexibility index (Phi) is 2.82. The molecule has 2 aromatic carbocycles. The minimum Gasteiger partial charge on any atom is -0.456 e. The van der Waals surface area contributed by atoms with Gasteiger partial charge in [-0.05, 0) is 24.3 Å². The van der Waals surface area contributed by atoms with Crippen LogP contribution in [0.25, 0.3) is 21.9 Å². The van der Waals surface area contributed by atoms with Crippen molar-refractivity contribution in [1.29, 1.82) is 0 Å². The fourth-order valence-electron chi connectivity index (χ4n) is 1.75. The van der Waals surface area contributed by atoms with Crippen LogP contribution in [0, 0.1) is 0 Å². The van der Waals surface area contributed by atoms with E-state index in [0.717, 1.165) is 0 Å². The molecule has 0 saturated heterocycles. The van der Waals surface area contributed by atoms with Gasteiger partial charge in [0, 0.05) is 17.1 Å². The summed E-state index contributed by atoms with van der Waals surface area (Å²) in [5.74, 6) is 0. The summed E-state index contributed by atoms with van der Waals surface area (Å²) in [7, 11) is 0. The fourth-order valence-corrected chi connectivity index (χ4v) is 1.75. The van der Waals surface area contributed by atoms with Crippen LogP contribution in [0.5, 0.6) is 0 Å². The van der Waals surface area contributed by atoms with Gasteiger partial charge in [0.25, 0.3) is 0 Å². The Labute approximate surface area is 102 Å². The van der Waals surface area contributed by atoms with E-state index >= 15 is 0 Å². The molecule has 0 unspecified atom stereocenters. The van der Waals surface area contributed by atoms with Crippen LogP contribution in [0.15, 0.2) is 57.7 Å². The summed E-state index contributed by atoms with van der Waals surface area (Å²) < 4.78 is 5.63. The number of benzene rings is 2. The molecule has 0 aliphatic carbocycles. The molecule has 3 aromatic rings. The zero-order chi connectivity index (χ0) is 10.3. The van der Waals surface area contributed by atoms with Gasteiger partial charge in [0.05, 0.1) is 10.8 Å². The van der Waals surface area contributed by atoms with E-state index in [9.17, 15) is 4.79 Å². The molecule has 3 heteroatoms. The number of rotatable bonds is 0. The van der Waals surface area contributed by atoms with Crippen LogP contribution in [0.1, 0.15) is 0 Å². The summed E-state index contributed by atoms with van der Waals surface area (Å²) in [4.78, 5) is 12.0. The van der Waals surface area contributed by atoms with Crippen LogP contribution in [0.3, 0.4) is 0 Å². The average Bonchev–Trinajstić information content (AvgIpc) is 2.30. The minimum atomic E-state index is 0. The molecule has 0 N–H and O–H groups in total. The Hall–Kier alpha value is -1.57. The summed E-state index contributed by atoms with van der Waals surface area (Å²) in [5.41, 5.74) is 1.31. The third-order valence-electron chi connectivity index (χ3n) is 2.48. The second-order valence-corrected chi connectivity index (χ2v) is 3.42. The molecule has 2 nitrogen and oxygen atoms in total. The molecule has 0 spiro atoms.